The normalized spacial score (nSPS) is 10.5. The van der Waals surface area contributed by atoms with E-state index in [1.54, 1.807) is 29.8 Å². The summed E-state index contributed by atoms with van der Waals surface area (Å²) in [5, 5.41) is 7.17. The standard InChI is InChI=1S/C17H21N3O3/c1-10-13(17(22)23-5)7-6-8-15(10)18-16(21)9-14-11(2)19-20(4)12(14)3/h6-8H,9H2,1-5H3,(H,18,21). The molecule has 6 nitrogen and oxygen atoms in total. The molecular formula is C17H21N3O3. The van der Waals surface area contributed by atoms with Crippen LogP contribution in [0.25, 0.3) is 0 Å². The molecule has 0 fully saturated rings. The number of nitrogens with zero attached hydrogens (tertiary/aromatic N) is 2. The van der Waals surface area contributed by atoms with Crippen molar-refractivity contribution in [3.8, 4) is 0 Å². The molecule has 1 aromatic heterocycles. The number of ether oxygens (including phenoxy) is 1. The lowest BCUT2D eigenvalue weighted by Gasteiger charge is -2.11. The third-order valence-corrected chi connectivity index (χ3v) is 4.01. The molecule has 0 unspecified atom stereocenters. The average molecular weight is 315 g/mol. The molecule has 0 saturated carbocycles. The predicted molar refractivity (Wildman–Crippen MR) is 87.5 cm³/mol. The number of methoxy groups -OCH3 is 1. The van der Waals surface area contributed by atoms with Crippen molar-refractivity contribution in [1.29, 1.82) is 0 Å². The maximum atomic E-state index is 12.3. The number of carbonyl (C=O) groups is 2. The van der Waals surface area contributed by atoms with Crippen LogP contribution in [0, 0.1) is 20.8 Å². The fourth-order valence-electron chi connectivity index (χ4n) is 2.53. The SMILES string of the molecule is COC(=O)c1cccc(NC(=O)Cc2c(C)nn(C)c2C)c1C. The zero-order valence-electron chi connectivity index (χ0n) is 14.1. The van der Waals surface area contributed by atoms with Crippen LogP contribution in [-0.4, -0.2) is 28.8 Å². The molecule has 0 aliphatic heterocycles. The molecule has 1 heterocycles. The lowest BCUT2D eigenvalue weighted by Crippen LogP contribution is -2.17. The van der Waals surface area contributed by atoms with Gasteiger partial charge in [0.1, 0.15) is 0 Å². The molecule has 2 rings (SSSR count). The fourth-order valence-corrected chi connectivity index (χ4v) is 2.53. The van der Waals surface area contributed by atoms with Crippen molar-refractivity contribution in [2.75, 3.05) is 12.4 Å². The molecule has 0 aliphatic carbocycles. The van der Waals surface area contributed by atoms with Gasteiger partial charge < -0.3 is 10.1 Å². The summed E-state index contributed by atoms with van der Waals surface area (Å²) in [7, 11) is 3.19. The minimum Gasteiger partial charge on any atom is -0.465 e. The Labute approximate surface area is 135 Å². The van der Waals surface area contributed by atoms with Crippen molar-refractivity contribution in [1.82, 2.24) is 9.78 Å². The van der Waals surface area contributed by atoms with Crippen molar-refractivity contribution >= 4 is 17.6 Å². The highest BCUT2D eigenvalue weighted by Crippen LogP contribution is 2.20. The Balaban J connectivity index is 2.19. The Kier molecular flexibility index (Phi) is 4.83. The molecule has 122 valence electrons. The first kappa shape index (κ1) is 16.7. The highest BCUT2D eigenvalue weighted by atomic mass is 16.5. The van der Waals surface area contributed by atoms with Gasteiger partial charge in [-0.05, 0) is 38.5 Å². The first-order chi connectivity index (χ1) is 10.8. The second kappa shape index (κ2) is 6.64. The molecule has 1 N–H and O–H groups in total. The van der Waals surface area contributed by atoms with Gasteiger partial charge >= 0.3 is 5.97 Å². The summed E-state index contributed by atoms with van der Waals surface area (Å²) in [5.74, 6) is -0.563. The average Bonchev–Trinajstić information content (AvgIpc) is 2.75. The highest BCUT2D eigenvalue weighted by Gasteiger charge is 2.16. The fraction of sp³-hybridized carbons (Fsp3) is 0.353. The minimum absolute atomic E-state index is 0.144. The lowest BCUT2D eigenvalue weighted by molar-refractivity contribution is -0.115. The van der Waals surface area contributed by atoms with E-state index < -0.39 is 5.97 Å². The summed E-state index contributed by atoms with van der Waals surface area (Å²) in [5.41, 5.74) is 4.48. The van der Waals surface area contributed by atoms with Gasteiger partial charge in [-0.3, -0.25) is 9.48 Å². The summed E-state index contributed by atoms with van der Waals surface area (Å²) in [6.45, 7) is 5.60. The molecule has 0 aliphatic rings. The van der Waals surface area contributed by atoms with Gasteiger partial charge in [0.25, 0.3) is 0 Å². The molecule has 6 heteroatoms. The van der Waals surface area contributed by atoms with Crippen LogP contribution in [0.4, 0.5) is 5.69 Å². The molecule has 0 saturated heterocycles. The van der Waals surface area contributed by atoms with Crippen LogP contribution in [0.2, 0.25) is 0 Å². The third-order valence-electron chi connectivity index (χ3n) is 4.01. The first-order valence-electron chi connectivity index (χ1n) is 7.32. The van der Waals surface area contributed by atoms with Crippen LogP contribution in [0.1, 0.15) is 32.9 Å². The molecule has 1 aromatic carbocycles. The van der Waals surface area contributed by atoms with Crippen LogP contribution in [0.3, 0.4) is 0 Å². The number of aryl methyl sites for hydroxylation is 2. The number of aromatic nitrogens is 2. The zero-order chi connectivity index (χ0) is 17.1. The van der Waals surface area contributed by atoms with E-state index in [9.17, 15) is 9.59 Å². The zero-order valence-corrected chi connectivity index (χ0v) is 14.1. The van der Waals surface area contributed by atoms with Gasteiger partial charge in [-0.1, -0.05) is 6.07 Å². The van der Waals surface area contributed by atoms with Crippen LogP contribution < -0.4 is 5.32 Å². The number of nitrogens with one attached hydrogen (secondary N) is 1. The largest absolute Gasteiger partial charge is 0.465 e. The Morgan fingerprint density at radius 2 is 1.96 bits per heavy atom. The number of amides is 1. The first-order valence-corrected chi connectivity index (χ1v) is 7.32. The van der Waals surface area contributed by atoms with E-state index in [0.717, 1.165) is 17.0 Å². The molecule has 0 atom stereocenters. The van der Waals surface area contributed by atoms with E-state index in [0.29, 0.717) is 16.8 Å². The topological polar surface area (TPSA) is 73.2 Å². The van der Waals surface area contributed by atoms with Crippen LogP contribution in [-0.2, 0) is 23.0 Å². The van der Waals surface area contributed by atoms with Gasteiger partial charge in [0.2, 0.25) is 5.91 Å². The van der Waals surface area contributed by atoms with E-state index in [1.807, 2.05) is 20.9 Å². The summed E-state index contributed by atoms with van der Waals surface area (Å²) < 4.78 is 6.51. The highest BCUT2D eigenvalue weighted by molar-refractivity contribution is 5.97. The number of rotatable bonds is 4. The second-order valence-corrected chi connectivity index (χ2v) is 5.47. The van der Waals surface area contributed by atoms with E-state index in [4.69, 9.17) is 4.74 Å². The van der Waals surface area contributed by atoms with Crippen molar-refractivity contribution in [2.24, 2.45) is 7.05 Å². The summed E-state index contributed by atoms with van der Waals surface area (Å²) in [4.78, 5) is 24.0. The Morgan fingerprint density at radius 1 is 1.26 bits per heavy atom. The Bertz CT molecular complexity index is 763. The smallest absolute Gasteiger partial charge is 0.338 e. The molecule has 0 bridgehead atoms. The molecule has 1 amide bonds. The van der Waals surface area contributed by atoms with Crippen LogP contribution in [0.5, 0.6) is 0 Å². The van der Waals surface area contributed by atoms with Gasteiger partial charge in [-0.25, -0.2) is 4.79 Å². The van der Waals surface area contributed by atoms with Gasteiger partial charge in [0, 0.05) is 24.0 Å². The number of hydrogen-bond donors (Lipinski definition) is 1. The predicted octanol–water partition coefficient (Wildman–Crippen LogP) is 2.31. The van der Waals surface area contributed by atoms with Crippen molar-refractivity contribution in [3.05, 3.63) is 46.3 Å². The number of anilines is 1. The lowest BCUT2D eigenvalue weighted by atomic mass is 10.1. The van der Waals surface area contributed by atoms with E-state index in [-0.39, 0.29) is 12.3 Å². The van der Waals surface area contributed by atoms with Crippen LogP contribution >= 0.6 is 0 Å². The molecule has 2 aromatic rings. The van der Waals surface area contributed by atoms with Crippen molar-refractivity contribution in [2.45, 2.75) is 27.2 Å². The van der Waals surface area contributed by atoms with Crippen LogP contribution in [0.15, 0.2) is 18.2 Å². The van der Waals surface area contributed by atoms with Gasteiger partial charge in [0.05, 0.1) is 24.8 Å². The number of esters is 1. The quantitative estimate of drug-likeness (QED) is 0.879. The maximum absolute atomic E-state index is 12.3. The summed E-state index contributed by atoms with van der Waals surface area (Å²) in [6, 6.07) is 5.16. The molecule has 23 heavy (non-hydrogen) atoms. The maximum Gasteiger partial charge on any atom is 0.338 e. The van der Waals surface area contributed by atoms with Gasteiger partial charge in [-0.15, -0.1) is 0 Å². The second-order valence-electron chi connectivity index (χ2n) is 5.47. The number of carbonyl (C=O) groups excluding carboxylic acids is 2. The molecule has 0 radical (unpaired) electrons. The van der Waals surface area contributed by atoms with Crippen molar-refractivity contribution < 1.29 is 14.3 Å². The molecular weight excluding hydrogens is 294 g/mol. The Morgan fingerprint density at radius 3 is 2.52 bits per heavy atom. The van der Waals surface area contributed by atoms with E-state index in [1.165, 1.54) is 7.11 Å². The third kappa shape index (κ3) is 3.41. The van der Waals surface area contributed by atoms with E-state index in [2.05, 4.69) is 10.4 Å². The van der Waals surface area contributed by atoms with Gasteiger partial charge in [0.15, 0.2) is 0 Å². The summed E-state index contributed by atoms with van der Waals surface area (Å²) >= 11 is 0. The number of benzene rings is 1. The minimum atomic E-state index is -0.419. The number of hydrogen-bond acceptors (Lipinski definition) is 4. The van der Waals surface area contributed by atoms with E-state index >= 15 is 0 Å². The molecule has 0 spiro atoms. The van der Waals surface area contributed by atoms with Gasteiger partial charge in [-0.2, -0.15) is 5.10 Å². The monoisotopic (exact) mass is 315 g/mol. The summed E-state index contributed by atoms with van der Waals surface area (Å²) in [6.07, 6.45) is 0.243. The Hall–Kier alpha value is -2.63. The van der Waals surface area contributed by atoms with Crippen molar-refractivity contribution in [3.63, 3.8) is 0 Å².